The molecule has 0 saturated carbocycles. The Kier molecular flexibility index (Phi) is 6.46. The first kappa shape index (κ1) is 16.8. The lowest BCUT2D eigenvalue weighted by Gasteiger charge is -2.15. The van der Waals surface area contributed by atoms with Crippen LogP contribution in [0.2, 0.25) is 0 Å². The van der Waals surface area contributed by atoms with Crippen LogP contribution in [-0.2, 0) is 19.1 Å². The molecule has 1 aromatic rings. The smallest absolute Gasteiger partial charge is 0.324 e. The molecule has 1 rings (SSSR count). The summed E-state index contributed by atoms with van der Waals surface area (Å²) in [6.45, 7) is 5.42. The van der Waals surface area contributed by atoms with E-state index in [1.165, 1.54) is 12.1 Å². The van der Waals surface area contributed by atoms with Crippen LogP contribution < -0.4 is 0 Å². The van der Waals surface area contributed by atoms with E-state index in [1.54, 1.807) is 39.0 Å². The van der Waals surface area contributed by atoms with Crippen molar-refractivity contribution < 1.29 is 24.2 Å². The molecule has 0 unspecified atom stereocenters. The van der Waals surface area contributed by atoms with Gasteiger partial charge in [-0.3, -0.25) is 9.59 Å². The third-order valence-corrected chi connectivity index (χ3v) is 2.79. The Morgan fingerprint density at radius 2 is 1.57 bits per heavy atom. The van der Waals surface area contributed by atoms with E-state index in [9.17, 15) is 14.7 Å². The van der Waals surface area contributed by atoms with Crippen LogP contribution in [0.3, 0.4) is 0 Å². The van der Waals surface area contributed by atoms with E-state index in [0.717, 1.165) is 5.56 Å². The zero-order chi connectivity index (χ0) is 15.8. The minimum absolute atomic E-state index is 0.150. The monoisotopic (exact) mass is 292 g/mol. The second-order valence-corrected chi connectivity index (χ2v) is 4.42. The largest absolute Gasteiger partial charge is 0.508 e. The van der Waals surface area contributed by atoms with Crippen molar-refractivity contribution in [2.24, 2.45) is 5.92 Å². The van der Waals surface area contributed by atoms with E-state index in [-0.39, 0.29) is 19.0 Å². The summed E-state index contributed by atoms with van der Waals surface area (Å²) in [5.41, 5.74) is 1.29. The minimum atomic E-state index is -1.07. The van der Waals surface area contributed by atoms with Crippen LogP contribution in [0, 0.1) is 5.92 Å². The lowest BCUT2D eigenvalue weighted by atomic mass is 9.98. The third-order valence-electron chi connectivity index (χ3n) is 2.79. The molecule has 0 heterocycles. The second-order valence-electron chi connectivity index (χ2n) is 4.42. The molecular weight excluding hydrogens is 272 g/mol. The van der Waals surface area contributed by atoms with E-state index in [2.05, 4.69) is 0 Å². The Hall–Kier alpha value is -2.30. The SMILES string of the molecule is CCOC(=O)C(C(=O)OCC)C(C)=Cc1ccc(O)cc1. The number of carbonyl (C=O) groups is 2. The lowest BCUT2D eigenvalue weighted by molar-refractivity contribution is -0.159. The Labute approximate surface area is 124 Å². The molecule has 0 amide bonds. The van der Waals surface area contributed by atoms with Gasteiger partial charge in [0.25, 0.3) is 0 Å². The third kappa shape index (κ3) is 4.95. The molecule has 5 nitrogen and oxygen atoms in total. The van der Waals surface area contributed by atoms with Crippen molar-refractivity contribution in [2.75, 3.05) is 13.2 Å². The fourth-order valence-electron chi connectivity index (χ4n) is 1.84. The average Bonchev–Trinajstić information content (AvgIpc) is 2.42. The first-order valence-electron chi connectivity index (χ1n) is 6.80. The molecule has 5 heteroatoms. The van der Waals surface area contributed by atoms with E-state index >= 15 is 0 Å². The molecule has 0 aliphatic heterocycles. The molecule has 0 radical (unpaired) electrons. The zero-order valence-electron chi connectivity index (χ0n) is 12.5. The van der Waals surface area contributed by atoms with Gasteiger partial charge in [0.1, 0.15) is 5.75 Å². The van der Waals surface area contributed by atoms with E-state index in [0.29, 0.717) is 5.57 Å². The topological polar surface area (TPSA) is 72.8 Å². The molecule has 0 aromatic heterocycles. The summed E-state index contributed by atoms with van der Waals surface area (Å²) in [5.74, 6) is -2.16. The zero-order valence-corrected chi connectivity index (χ0v) is 12.5. The van der Waals surface area contributed by atoms with Crippen molar-refractivity contribution in [1.29, 1.82) is 0 Å². The van der Waals surface area contributed by atoms with Crippen molar-refractivity contribution in [3.8, 4) is 5.75 Å². The van der Waals surface area contributed by atoms with Crippen LogP contribution in [-0.4, -0.2) is 30.3 Å². The Morgan fingerprint density at radius 3 is 2.00 bits per heavy atom. The number of phenolic OH excluding ortho intramolecular Hbond substituents is 1. The predicted octanol–water partition coefficient (Wildman–Crippen LogP) is 2.54. The molecule has 0 saturated heterocycles. The predicted molar refractivity (Wildman–Crippen MR) is 78.5 cm³/mol. The number of carbonyl (C=O) groups excluding carboxylic acids is 2. The summed E-state index contributed by atoms with van der Waals surface area (Å²) >= 11 is 0. The van der Waals surface area contributed by atoms with Crippen LogP contribution in [0.1, 0.15) is 26.3 Å². The Balaban J connectivity index is 3.03. The number of rotatable bonds is 6. The highest BCUT2D eigenvalue weighted by Crippen LogP contribution is 2.20. The molecule has 114 valence electrons. The summed E-state index contributed by atoms with van der Waals surface area (Å²) in [7, 11) is 0. The standard InChI is InChI=1S/C16H20O5/c1-4-20-15(18)14(16(19)21-5-2)11(3)10-12-6-8-13(17)9-7-12/h6-10,14,17H,4-5H2,1-3H3. The lowest BCUT2D eigenvalue weighted by Crippen LogP contribution is -2.29. The summed E-state index contributed by atoms with van der Waals surface area (Å²) in [6.07, 6.45) is 1.69. The Morgan fingerprint density at radius 1 is 1.10 bits per heavy atom. The highest BCUT2D eigenvalue weighted by molar-refractivity contribution is 5.99. The van der Waals surface area contributed by atoms with Gasteiger partial charge < -0.3 is 14.6 Å². The van der Waals surface area contributed by atoms with Crippen molar-refractivity contribution in [1.82, 2.24) is 0 Å². The minimum Gasteiger partial charge on any atom is -0.508 e. The van der Waals surface area contributed by atoms with Gasteiger partial charge in [0.15, 0.2) is 5.92 Å². The maximum Gasteiger partial charge on any atom is 0.324 e. The van der Waals surface area contributed by atoms with Gasteiger partial charge in [-0.05, 0) is 44.0 Å². The van der Waals surface area contributed by atoms with E-state index < -0.39 is 17.9 Å². The molecule has 1 N–H and O–H groups in total. The molecule has 0 atom stereocenters. The van der Waals surface area contributed by atoms with Crippen LogP contribution in [0.5, 0.6) is 5.75 Å². The average molecular weight is 292 g/mol. The molecule has 0 bridgehead atoms. The maximum absolute atomic E-state index is 11.9. The fourth-order valence-corrected chi connectivity index (χ4v) is 1.84. The highest BCUT2D eigenvalue weighted by Gasteiger charge is 2.31. The molecule has 0 aliphatic rings. The van der Waals surface area contributed by atoms with Gasteiger partial charge in [-0.1, -0.05) is 18.2 Å². The van der Waals surface area contributed by atoms with Crippen LogP contribution in [0.15, 0.2) is 29.8 Å². The number of hydrogen-bond acceptors (Lipinski definition) is 5. The van der Waals surface area contributed by atoms with Gasteiger partial charge in [0.05, 0.1) is 13.2 Å². The molecular formula is C16H20O5. The first-order chi connectivity index (χ1) is 9.99. The van der Waals surface area contributed by atoms with Crippen molar-refractivity contribution in [3.63, 3.8) is 0 Å². The van der Waals surface area contributed by atoms with E-state index in [1.807, 2.05) is 0 Å². The maximum atomic E-state index is 11.9. The Bertz CT molecular complexity index is 498. The molecule has 1 aromatic carbocycles. The fraction of sp³-hybridized carbons (Fsp3) is 0.375. The highest BCUT2D eigenvalue weighted by atomic mass is 16.6. The number of phenols is 1. The van der Waals surface area contributed by atoms with Crippen molar-refractivity contribution in [2.45, 2.75) is 20.8 Å². The van der Waals surface area contributed by atoms with Gasteiger partial charge in [0, 0.05) is 0 Å². The number of benzene rings is 1. The van der Waals surface area contributed by atoms with Gasteiger partial charge >= 0.3 is 11.9 Å². The number of hydrogen-bond donors (Lipinski definition) is 1. The summed E-state index contributed by atoms with van der Waals surface area (Å²) in [6, 6.07) is 6.43. The quantitative estimate of drug-likeness (QED) is 0.644. The summed E-state index contributed by atoms with van der Waals surface area (Å²) in [5, 5.41) is 9.25. The van der Waals surface area contributed by atoms with Crippen molar-refractivity contribution in [3.05, 3.63) is 35.4 Å². The van der Waals surface area contributed by atoms with Crippen molar-refractivity contribution >= 4 is 18.0 Å². The molecule has 0 aliphatic carbocycles. The number of ether oxygens (including phenoxy) is 2. The van der Waals surface area contributed by atoms with Gasteiger partial charge in [-0.25, -0.2) is 0 Å². The van der Waals surface area contributed by atoms with Gasteiger partial charge in [-0.2, -0.15) is 0 Å². The molecule has 21 heavy (non-hydrogen) atoms. The number of aromatic hydroxyl groups is 1. The van der Waals surface area contributed by atoms with Crippen LogP contribution >= 0.6 is 0 Å². The van der Waals surface area contributed by atoms with E-state index in [4.69, 9.17) is 9.47 Å². The van der Waals surface area contributed by atoms with Crippen LogP contribution in [0.25, 0.3) is 6.08 Å². The van der Waals surface area contributed by atoms with Gasteiger partial charge in [0.2, 0.25) is 0 Å². The summed E-state index contributed by atoms with van der Waals surface area (Å²) in [4.78, 5) is 23.9. The second kappa shape index (κ2) is 8.09. The number of esters is 2. The van der Waals surface area contributed by atoms with Crippen LogP contribution in [0.4, 0.5) is 0 Å². The molecule has 0 fully saturated rings. The first-order valence-corrected chi connectivity index (χ1v) is 6.80. The molecule has 0 spiro atoms. The van der Waals surface area contributed by atoms with Gasteiger partial charge in [-0.15, -0.1) is 0 Å². The summed E-state index contributed by atoms with van der Waals surface area (Å²) < 4.78 is 9.86. The normalized spacial score (nSPS) is 11.3.